The number of hydrogen-bond acceptors (Lipinski definition) is 3. The van der Waals surface area contributed by atoms with Crippen molar-refractivity contribution >= 4 is 5.69 Å². The zero-order chi connectivity index (χ0) is 13.0. The summed E-state index contributed by atoms with van der Waals surface area (Å²) in [4.78, 5) is 5.04. The molecule has 0 spiro atoms. The monoisotopic (exact) mass is 247 g/mol. The molecule has 0 bridgehead atoms. The summed E-state index contributed by atoms with van der Waals surface area (Å²) in [5.74, 6) is 0. The highest BCUT2D eigenvalue weighted by Gasteiger charge is 2.29. The van der Waals surface area contributed by atoms with Gasteiger partial charge in [-0.1, -0.05) is 18.2 Å². The Bertz CT molecular complexity index is 352. The highest BCUT2D eigenvalue weighted by molar-refractivity contribution is 5.48. The molecule has 2 rings (SSSR count). The van der Waals surface area contributed by atoms with Gasteiger partial charge in [0.05, 0.1) is 0 Å². The first-order valence-electron chi connectivity index (χ1n) is 6.89. The van der Waals surface area contributed by atoms with E-state index in [0.717, 1.165) is 19.6 Å². The van der Waals surface area contributed by atoms with Crippen LogP contribution in [0.1, 0.15) is 13.3 Å². The normalized spacial score (nSPS) is 25.4. The van der Waals surface area contributed by atoms with Gasteiger partial charge in [-0.25, -0.2) is 0 Å². The van der Waals surface area contributed by atoms with Crippen molar-refractivity contribution in [2.45, 2.75) is 25.4 Å². The first-order chi connectivity index (χ1) is 8.72. The Hall–Kier alpha value is -1.06. The molecule has 0 saturated carbocycles. The summed E-state index contributed by atoms with van der Waals surface area (Å²) in [6.07, 6.45) is 1.19. The van der Waals surface area contributed by atoms with Crippen molar-refractivity contribution in [2.24, 2.45) is 0 Å². The molecular formula is C15H25N3. The van der Waals surface area contributed by atoms with Crippen LogP contribution < -0.4 is 10.2 Å². The summed E-state index contributed by atoms with van der Waals surface area (Å²) in [6, 6.07) is 12.0. The third-order valence-electron chi connectivity index (χ3n) is 3.75. The fourth-order valence-corrected chi connectivity index (χ4v) is 3.03. The van der Waals surface area contributed by atoms with Crippen LogP contribution in [0.5, 0.6) is 0 Å². The second kappa shape index (κ2) is 6.21. The van der Waals surface area contributed by atoms with Crippen molar-refractivity contribution in [2.75, 3.05) is 38.6 Å². The van der Waals surface area contributed by atoms with Crippen LogP contribution in [0.15, 0.2) is 30.3 Å². The molecule has 1 saturated heterocycles. The maximum Gasteiger partial charge on any atom is 0.0432 e. The summed E-state index contributed by atoms with van der Waals surface area (Å²) in [6.45, 7) is 5.70. The Morgan fingerprint density at radius 2 is 1.94 bits per heavy atom. The van der Waals surface area contributed by atoms with E-state index >= 15 is 0 Å². The topological polar surface area (TPSA) is 18.5 Å². The Morgan fingerprint density at radius 3 is 2.61 bits per heavy atom. The maximum atomic E-state index is 3.27. The number of piperazine rings is 1. The number of hydrogen-bond donors (Lipinski definition) is 1. The summed E-state index contributed by atoms with van der Waals surface area (Å²) in [5.41, 5.74) is 1.36. The first kappa shape index (κ1) is 13.4. The van der Waals surface area contributed by atoms with E-state index in [9.17, 15) is 0 Å². The largest absolute Gasteiger partial charge is 0.363 e. The van der Waals surface area contributed by atoms with Crippen molar-refractivity contribution in [3.05, 3.63) is 30.3 Å². The lowest BCUT2D eigenvalue weighted by Crippen LogP contribution is -2.57. The van der Waals surface area contributed by atoms with Crippen LogP contribution in [0.3, 0.4) is 0 Å². The molecule has 2 atom stereocenters. The Morgan fingerprint density at radius 1 is 1.22 bits per heavy atom. The van der Waals surface area contributed by atoms with Gasteiger partial charge in [0.25, 0.3) is 0 Å². The standard InChI is InChI=1S/C15H25N3/c1-13-11-17(3)12-15(9-10-16-2)18(13)14-7-5-4-6-8-14/h4-8,13,15-16H,9-12H2,1-3H3. The molecule has 1 aliphatic rings. The van der Waals surface area contributed by atoms with Crippen LogP contribution in [0, 0.1) is 0 Å². The van der Waals surface area contributed by atoms with E-state index in [1.54, 1.807) is 0 Å². The maximum absolute atomic E-state index is 3.27. The highest BCUT2D eigenvalue weighted by atomic mass is 15.3. The Balaban J connectivity index is 2.16. The minimum atomic E-state index is 0.577. The van der Waals surface area contributed by atoms with Gasteiger partial charge >= 0.3 is 0 Å². The van der Waals surface area contributed by atoms with Gasteiger partial charge in [-0.2, -0.15) is 0 Å². The average molecular weight is 247 g/mol. The van der Waals surface area contributed by atoms with E-state index in [1.807, 2.05) is 7.05 Å². The second-order valence-corrected chi connectivity index (χ2v) is 5.36. The molecule has 0 aromatic heterocycles. The Kier molecular flexibility index (Phi) is 4.61. The fraction of sp³-hybridized carbons (Fsp3) is 0.600. The van der Waals surface area contributed by atoms with Gasteiger partial charge in [-0.3, -0.25) is 0 Å². The molecule has 0 amide bonds. The molecule has 1 heterocycles. The average Bonchev–Trinajstić information content (AvgIpc) is 2.36. The fourth-order valence-electron chi connectivity index (χ4n) is 3.03. The van der Waals surface area contributed by atoms with Gasteiger partial charge in [0, 0.05) is 30.9 Å². The predicted molar refractivity (Wildman–Crippen MR) is 78.2 cm³/mol. The molecule has 100 valence electrons. The van der Waals surface area contributed by atoms with Gasteiger partial charge < -0.3 is 15.1 Å². The van der Waals surface area contributed by atoms with E-state index in [-0.39, 0.29) is 0 Å². The lowest BCUT2D eigenvalue weighted by molar-refractivity contribution is 0.226. The van der Waals surface area contributed by atoms with Gasteiger partial charge in [0.2, 0.25) is 0 Å². The number of para-hydroxylation sites is 1. The summed E-state index contributed by atoms with van der Waals surface area (Å²) in [5, 5.41) is 3.27. The molecule has 0 aliphatic carbocycles. The van der Waals surface area contributed by atoms with Crippen LogP contribution >= 0.6 is 0 Å². The Labute approximate surface area is 111 Å². The number of nitrogens with zero attached hydrogens (tertiary/aromatic N) is 2. The number of anilines is 1. The first-order valence-corrected chi connectivity index (χ1v) is 6.89. The number of likely N-dealkylation sites (N-methyl/N-ethyl adjacent to an activating group) is 1. The van der Waals surface area contributed by atoms with Crippen molar-refractivity contribution in [1.82, 2.24) is 10.2 Å². The molecular weight excluding hydrogens is 222 g/mol. The summed E-state index contributed by atoms with van der Waals surface area (Å²) in [7, 11) is 4.26. The van der Waals surface area contributed by atoms with E-state index in [2.05, 4.69) is 59.4 Å². The van der Waals surface area contributed by atoms with Crippen LogP contribution in [-0.4, -0.2) is 50.7 Å². The molecule has 3 heteroatoms. The van der Waals surface area contributed by atoms with Gasteiger partial charge in [0.15, 0.2) is 0 Å². The van der Waals surface area contributed by atoms with Gasteiger partial charge in [-0.15, -0.1) is 0 Å². The van der Waals surface area contributed by atoms with Crippen LogP contribution in [0.4, 0.5) is 5.69 Å². The van der Waals surface area contributed by atoms with Crippen molar-refractivity contribution in [1.29, 1.82) is 0 Å². The van der Waals surface area contributed by atoms with Crippen molar-refractivity contribution in [3.63, 3.8) is 0 Å². The molecule has 1 aromatic rings. The van der Waals surface area contributed by atoms with Crippen LogP contribution in [-0.2, 0) is 0 Å². The number of nitrogens with one attached hydrogen (secondary N) is 1. The summed E-state index contributed by atoms with van der Waals surface area (Å²) < 4.78 is 0. The van der Waals surface area contributed by atoms with E-state index in [1.165, 1.54) is 12.1 Å². The minimum absolute atomic E-state index is 0.577. The number of rotatable bonds is 4. The highest BCUT2D eigenvalue weighted by Crippen LogP contribution is 2.25. The van der Waals surface area contributed by atoms with Crippen LogP contribution in [0.2, 0.25) is 0 Å². The number of benzene rings is 1. The van der Waals surface area contributed by atoms with Crippen molar-refractivity contribution < 1.29 is 0 Å². The molecule has 1 N–H and O–H groups in total. The zero-order valence-electron chi connectivity index (χ0n) is 11.8. The van der Waals surface area contributed by atoms with Crippen LogP contribution in [0.25, 0.3) is 0 Å². The predicted octanol–water partition coefficient (Wildman–Crippen LogP) is 1.80. The van der Waals surface area contributed by atoms with E-state index in [4.69, 9.17) is 0 Å². The molecule has 0 radical (unpaired) electrons. The van der Waals surface area contributed by atoms with Gasteiger partial charge in [-0.05, 0) is 46.1 Å². The van der Waals surface area contributed by atoms with Gasteiger partial charge in [0.1, 0.15) is 0 Å². The third-order valence-corrected chi connectivity index (χ3v) is 3.75. The third kappa shape index (κ3) is 3.03. The molecule has 1 aromatic carbocycles. The SMILES string of the molecule is CNCCC1CN(C)CC(C)N1c1ccccc1. The minimum Gasteiger partial charge on any atom is -0.363 e. The van der Waals surface area contributed by atoms with E-state index < -0.39 is 0 Å². The zero-order valence-corrected chi connectivity index (χ0v) is 11.8. The molecule has 2 unspecified atom stereocenters. The molecule has 1 aliphatic heterocycles. The molecule has 3 nitrogen and oxygen atoms in total. The molecule has 1 fully saturated rings. The van der Waals surface area contributed by atoms with E-state index in [0.29, 0.717) is 12.1 Å². The van der Waals surface area contributed by atoms with Crippen molar-refractivity contribution in [3.8, 4) is 0 Å². The summed E-state index contributed by atoms with van der Waals surface area (Å²) >= 11 is 0. The second-order valence-electron chi connectivity index (χ2n) is 5.36. The lowest BCUT2D eigenvalue weighted by atomic mass is 10.0. The molecule has 18 heavy (non-hydrogen) atoms. The lowest BCUT2D eigenvalue weighted by Gasteiger charge is -2.46. The smallest absolute Gasteiger partial charge is 0.0432 e. The quantitative estimate of drug-likeness (QED) is 0.875.